The Hall–Kier alpha value is -1.17. The van der Waals surface area contributed by atoms with Crippen LogP contribution in [0.4, 0.5) is 11.5 Å². The van der Waals surface area contributed by atoms with E-state index in [9.17, 15) is 4.79 Å². The molecule has 1 rings (SSSR count). The summed E-state index contributed by atoms with van der Waals surface area (Å²) in [5.41, 5.74) is 5.43. The van der Waals surface area contributed by atoms with E-state index in [2.05, 4.69) is 21.5 Å². The number of hydrogen-bond acceptors (Lipinski definition) is 5. The average molecular weight is 228 g/mol. The Labute approximate surface area is 92.9 Å². The highest BCUT2D eigenvalue weighted by molar-refractivity contribution is 7.98. The van der Waals surface area contributed by atoms with Crippen LogP contribution in [0.25, 0.3) is 0 Å². The Morgan fingerprint density at radius 1 is 1.73 bits per heavy atom. The zero-order chi connectivity index (χ0) is 11.3. The summed E-state index contributed by atoms with van der Waals surface area (Å²) >= 11 is 1.79. The molecule has 0 aliphatic rings. The van der Waals surface area contributed by atoms with Gasteiger partial charge in [-0.2, -0.15) is 11.8 Å². The van der Waals surface area contributed by atoms with E-state index in [1.165, 1.54) is 6.33 Å². The van der Waals surface area contributed by atoms with Gasteiger partial charge in [-0.25, -0.2) is 4.98 Å². The average Bonchev–Trinajstić information content (AvgIpc) is 2.22. The van der Waals surface area contributed by atoms with Gasteiger partial charge < -0.3 is 16.0 Å². The number of nitrogen functional groups attached to an aromatic ring is 1. The molecule has 1 unspecified atom stereocenters. The van der Waals surface area contributed by atoms with Crippen molar-refractivity contribution >= 4 is 23.3 Å². The van der Waals surface area contributed by atoms with E-state index in [4.69, 9.17) is 5.73 Å². The van der Waals surface area contributed by atoms with Crippen LogP contribution < -0.4 is 16.6 Å². The summed E-state index contributed by atoms with van der Waals surface area (Å²) in [7, 11) is 0. The van der Waals surface area contributed by atoms with Gasteiger partial charge in [-0.1, -0.05) is 0 Å². The second-order valence-electron chi connectivity index (χ2n) is 3.32. The SMILES string of the molecule is CSCCC(C)Nc1nc[nH]c(=O)c1N. The molecular formula is C9H16N4OS. The van der Waals surface area contributed by atoms with E-state index in [1.54, 1.807) is 11.8 Å². The molecule has 1 aromatic heterocycles. The van der Waals surface area contributed by atoms with E-state index in [-0.39, 0.29) is 17.3 Å². The minimum Gasteiger partial charge on any atom is -0.391 e. The van der Waals surface area contributed by atoms with Crippen molar-refractivity contribution in [2.45, 2.75) is 19.4 Å². The predicted octanol–water partition coefficient (Wildman–Crippen LogP) is 0.906. The van der Waals surface area contributed by atoms with Crippen LogP contribution in [0, 0.1) is 0 Å². The van der Waals surface area contributed by atoms with Gasteiger partial charge in [0.1, 0.15) is 5.69 Å². The van der Waals surface area contributed by atoms with Crippen molar-refractivity contribution in [1.29, 1.82) is 0 Å². The van der Waals surface area contributed by atoms with Crippen molar-refractivity contribution < 1.29 is 0 Å². The largest absolute Gasteiger partial charge is 0.391 e. The van der Waals surface area contributed by atoms with Crippen LogP contribution in [0.5, 0.6) is 0 Å². The van der Waals surface area contributed by atoms with E-state index in [0.717, 1.165) is 12.2 Å². The number of thioether (sulfide) groups is 1. The number of nitrogens with two attached hydrogens (primary N) is 1. The van der Waals surface area contributed by atoms with E-state index in [0.29, 0.717) is 5.82 Å². The highest BCUT2D eigenvalue weighted by Gasteiger charge is 2.07. The zero-order valence-electron chi connectivity index (χ0n) is 8.91. The van der Waals surface area contributed by atoms with Crippen molar-refractivity contribution in [3.63, 3.8) is 0 Å². The van der Waals surface area contributed by atoms with Gasteiger partial charge in [-0.15, -0.1) is 0 Å². The third kappa shape index (κ3) is 3.47. The normalized spacial score (nSPS) is 12.4. The van der Waals surface area contributed by atoms with Crippen LogP contribution in [-0.4, -0.2) is 28.0 Å². The maximum absolute atomic E-state index is 11.2. The smallest absolute Gasteiger partial charge is 0.276 e. The molecule has 0 spiro atoms. The summed E-state index contributed by atoms with van der Waals surface area (Å²) in [4.78, 5) is 17.6. The lowest BCUT2D eigenvalue weighted by atomic mass is 10.2. The molecular weight excluding hydrogens is 212 g/mol. The molecule has 84 valence electrons. The van der Waals surface area contributed by atoms with Crippen molar-refractivity contribution in [1.82, 2.24) is 9.97 Å². The monoisotopic (exact) mass is 228 g/mol. The first-order valence-electron chi connectivity index (χ1n) is 4.73. The van der Waals surface area contributed by atoms with Crippen LogP contribution in [0.2, 0.25) is 0 Å². The molecule has 0 aliphatic heterocycles. The van der Waals surface area contributed by atoms with Gasteiger partial charge >= 0.3 is 0 Å². The number of aromatic amines is 1. The van der Waals surface area contributed by atoms with Gasteiger partial charge in [-0.05, 0) is 25.4 Å². The lowest BCUT2D eigenvalue weighted by Gasteiger charge is -2.14. The first-order valence-corrected chi connectivity index (χ1v) is 6.13. The van der Waals surface area contributed by atoms with E-state index >= 15 is 0 Å². The van der Waals surface area contributed by atoms with Crippen molar-refractivity contribution in [3.05, 3.63) is 16.7 Å². The predicted molar refractivity (Wildman–Crippen MR) is 65.4 cm³/mol. The summed E-state index contributed by atoms with van der Waals surface area (Å²) in [5, 5.41) is 3.12. The van der Waals surface area contributed by atoms with Crippen molar-refractivity contribution in [2.24, 2.45) is 0 Å². The van der Waals surface area contributed by atoms with Crippen molar-refractivity contribution in [3.8, 4) is 0 Å². The maximum atomic E-state index is 11.2. The number of H-pyrrole nitrogens is 1. The van der Waals surface area contributed by atoms with Gasteiger partial charge in [0.2, 0.25) is 0 Å². The Morgan fingerprint density at radius 3 is 3.13 bits per heavy atom. The molecule has 15 heavy (non-hydrogen) atoms. The second kappa shape index (κ2) is 5.65. The molecule has 0 amide bonds. The maximum Gasteiger partial charge on any atom is 0.276 e. The molecule has 0 bridgehead atoms. The fourth-order valence-corrected chi connectivity index (χ4v) is 1.71. The number of nitrogens with one attached hydrogen (secondary N) is 2. The molecule has 4 N–H and O–H groups in total. The Kier molecular flexibility index (Phi) is 4.48. The van der Waals surface area contributed by atoms with Crippen molar-refractivity contribution in [2.75, 3.05) is 23.1 Å². The molecule has 0 fully saturated rings. The van der Waals surface area contributed by atoms with Crippen LogP contribution >= 0.6 is 11.8 Å². The lowest BCUT2D eigenvalue weighted by Crippen LogP contribution is -2.22. The van der Waals surface area contributed by atoms with Crippen LogP contribution in [0.1, 0.15) is 13.3 Å². The highest BCUT2D eigenvalue weighted by Crippen LogP contribution is 2.11. The molecule has 0 saturated heterocycles. The quantitative estimate of drug-likeness (QED) is 0.697. The zero-order valence-corrected chi connectivity index (χ0v) is 9.73. The molecule has 0 aromatic carbocycles. The molecule has 0 aliphatic carbocycles. The number of hydrogen-bond donors (Lipinski definition) is 3. The third-order valence-corrected chi connectivity index (χ3v) is 2.67. The highest BCUT2D eigenvalue weighted by atomic mass is 32.2. The number of rotatable bonds is 5. The third-order valence-electron chi connectivity index (χ3n) is 2.03. The van der Waals surface area contributed by atoms with E-state index < -0.39 is 0 Å². The molecule has 5 nitrogen and oxygen atoms in total. The topological polar surface area (TPSA) is 83.8 Å². The summed E-state index contributed by atoms with van der Waals surface area (Å²) < 4.78 is 0. The van der Waals surface area contributed by atoms with E-state index in [1.807, 2.05) is 6.92 Å². The first-order chi connectivity index (χ1) is 7.15. The number of anilines is 2. The van der Waals surface area contributed by atoms with Crippen LogP contribution in [-0.2, 0) is 0 Å². The first kappa shape index (κ1) is 11.9. The van der Waals surface area contributed by atoms with Gasteiger partial charge in [0, 0.05) is 6.04 Å². The molecule has 0 saturated carbocycles. The Morgan fingerprint density at radius 2 is 2.47 bits per heavy atom. The number of aromatic nitrogens is 2. The fourth-order valence-electron chi connectivity index (χ4n) is 1.13. The summed E-state index contributed by atoms with van der Waals surface area (Å²) in [6.07, 6.45) is 4.42. The minimum absolute atomic E-state index is 0.147. The Balaban J connectivity index is 2.64. The van der Waals surface area contributed by atoms with Gasteiger partial charge in [0.05, 0.1) is 6.33 Å². The fraction of sp³-hybridized carbons (Fsp3) is 0.556. The summed E-state index contributed by atoms with van der Waals surface area (Å²) in [6.45, 7) is 2.04. The number of nitrogens with zero attached hydrogens (tertiary/aromatic N) is 1. The summed E-state index contributed by atoms with van der Waals surface area (Å²) in [5.74, 6) is 1.53. The van der Waals surface area contributed by atoms with Crippen LogP contribution in [0.3, 0.4) is 0 Å². The standard InChI is InChI=1S/C9H16N4OS/c1-6(3-4-15-2)13-8-7(10)9(14)12-5-11-8/h5-6H,3-4,10H2,1-2H3,(H2,11,12,13,14). The second-order valence-corrected chi connectivity index (χ2v) is 4.31. The Bertz CT molecular complexity index is 365. The molecule has 1 heterocycles. The summed E-state index contributed by atoms with van der Waals surface area (Å²) in [6, 6.07) is 0.258. The molecule has 1 aromatic rings. The molecule has 0 radical (unpaired) electrons. The van der Waals surface area contributed by atoms with Gasteiger partial charge in [0.25, 0.3) is 5.56 Å². The molecule has 1 atom stereocenters. The minimum atomic E-state index is -0.301. The molecule has 6 heteroatoms. The van der Waals surface area contributed by atoms with Crippen LogP contribution in [0.15, 0.2) is 11.1 Å². The van der Waals surface area contributed by atoms with Gasteiger partial charge in [0.15, 0.2) is 5.82 Å². The lowest BCUT2D eigenvalue weighted by molar-refractivity contribution is 0.766. The van der Waals surface area contributed by atoms with Gasteiger partial charge in [-0.3, -0.25) is 4.79 Å².